The molecule has 0 bridgehead atoms. The van der Waals surface area contributed by atoms with Gasteiger partial charge in [0.05, 0.1) is 0 Å². The molecule has 1 fully saturated rings. The topological polar surface area (TPSA) is 58.2 Å². The van der Waals surface area contributed by atoms with Crippen molar-refractivity contribution in [2.45, 2.75) is 38.1 Å². The van der Waals surface area contributed by atoms with Gasteiger partial charge in [-0.2, -0.15) is 0 Å². The van der Waals surface area contributed by atoms with E-state index in [4.69, 9.17) is 0 Å². The molecule has 2 amide bonds. The van der Waals surface area contributed by atoms with Crippen LogP contribution in [0.15, 0.2) is 30.3 Å². The smallest absolute Gasteiger partial charge is 0.229 e. The first-order valence-electron chi connectivity index (χ1n) is 6.84. The molecular formula is C15H20N2O2. The highest BCUT2D eigenvalue weighted by Gasteiger charge is 2.23. The summed E-state index contributed by atoms with van der Waals surface area (Å²) >= 11 is 0. The zero-order chi connectivity index (χ0) is 13.5. The Hall–Kier alpha value is -1.84. The molecule has 2 N–H and O–H groups in total. The van der Waals surface area contributed by atoms with E-state index in [9.17, 15) is 9.59 Å². The molecule has 0 unspecified atom stereocenters. The standard InChI is InChI=1S/C15H20N2O2/c18-14(11-15(19)17-13-8-9-13)16-10-4-7-12-5-2-1-3-6-12/h1-3,5-6,13H,4,7-11H2,(H,16,18)(H,17,19). The summed E-state index contributed by atoms with van der Waals surface area (Å²) in [6.07, 6.45) is 3.87. The fraction of sp³-hybridized carbons (Fsp3) is 0.467. The zero-order valence-electron chi connectivity index (χ0n) is 11.0. The maximum atomic E-state index is 11.5. The molecule has 0 aromatic heterocycles. The van der Waals surface area contributed by atoms with Crippen LogP contribution in [0.3, 0.4) is 0 Å². The van der Waals surface area contributed by atoms with Crippen LogP contribution >= 0.6 is 0 Å². The van der Waals surface area contributed by atoms with Crippen molar-refractivity contribution in [3.8, 4) is 0 Å². The van der Waals surface area contributed by atoms with Gasteiger partial charge in [0.15, 0.2) is 0 Å². The lowest BCUT2D eigenvalue weighted by molar-refractivity contribution is -0.129. The van der Waals surface area contributed by atoms with Crippen LogP contribution in [0.2, 0.25) is 0 Å². The molecule has 102 valence electrons. The third-order valence-electron chi connectivity index (χ3n) is 3.07. The highest BCUT2D eigenvalue weighted by molar-refractivity contribution is 5.97. The van der Waals surface area contributed by atoms with E-state index in [-0.39, 0.29) is 18.2 Å². The number of aryl methyl sites for hydroxylation is 1. The van der Waals surface area contributed by atoms with Crippen LogP contribution in [0.5, 0.6) is 0 Å². The Morgan fingerprint density at radius 2 is 1.84 bits per heavy atom. The molecule has 1 aliphatic carbocycles. The third kappa shape index (κ3) is 5.55. The third-order valence-corrected chi connectivity index (χ3v) is 3.07. The molecule has 0 atom stereocenters. The van der Waals surface area contributed by atoms with Crippen molar-refractivity contribution in [1.82, 2.24) is 10.6 Å². The molecular weight excluding hydrogens is 240 g/mol. The molecule has 0 aliphatic heterocycles. The van der Waals surface area contributed by atoms with E-state index in [1.807, 2.05) is 18.2 Å². The lowest BCUT2D eigenvalue weighted by Gasteiger charge is -2.06. The quantitative estimate of drug-likeness (QED) is 0.575. The Bertz CT molecular complexity index is 427. The first-order valence-corrected chi connectivity index (χ1v) is 6.84. The molecule has 1 aromatic rings. The molecule has 0 saturated heterocycles. The molecule has 19 heavy (non-hydrogen) atoms. The normalized spacial score (nSPS) is 13.9. The Kier molecular flexibility index (Phi) is 4.95. The second kappa shape index (κ2) is 6.92. The van der Waals surface area contributed by atoms with Crippen LogP contribution in [0, 0.1) is 0 Å². The van der Waals surface area contributed by atoms with Gasteiger partial charge < -0.3 is 10.6 Å². The Labute approximate surface area is 113 Å². The fourth-order valence-electron chi connectivity index (χ4n) is 1.88. The summed E-state index contributed by atoms with van der Waals surface area (Å²) in [5.41, 5.74) is 1.27. The van der Waals surface area contributed by atoms with Crippen LogP contribution < -0.4 is 10.6 Å². The van der Waals surface area contributed by atoms with Gasteiger partial charge in [-0.25, -0.2) is 0 Å². The number of hydrogen-bond donors (Lipinski definition) is 2. The molecule has 2 rings (SSSR count). The highest BCUT2D eigenvalue weighted by Crippen LogP contribution is 2.18. The van der Waals surface area contributed by atoms with Gasteiger partial charge >= 0.3 is 0 Å². The minimum absolute atomic E-state index is 0.0537. The molecule has 0 radical (unpaired) electrons. The summed E-state index contributed by atoms with van der Waals surface area (Å²) in [4.78, 5) is 22.9. The Morgan fingerprint density at radius 3 is 2.53 bits per heavy atom. The van der Waals surface area contributed by atoms with Gasteiger partial charge in [-0.3, -0.25) is 9.59 Å². The van der Waals surface area contributed by atoms with Crippen LogP contribution in [0.25, 0.3) is 0 Å². The highest BCUT2D eigenvalue weighted by atomic mass is 16.2. The van der Waals surface area contributed by atoms with E-state index in [0.717, 1.165) is 25.7 Å². The summed E-state index contributed by atoms with van der Waals surface area (Å²) in [5, 5.41) is 5.58. The fourth-order valence-corrected chi connectivity index (χ4v) is 1.88. The van der Waals surface area contributed by atoms with Crippen molar-refractivity contribution >= 4 is 11.8 Å². The number of hydrogen-bond acceptors (Lipinski definition) is 2. The van der Waals surface area contributed by atoms with Crippen LogP contribution in [-0.2, 0) is 16.0 Å². The summed E-state index contributed by atoms with van der Waals surface area (Å²) in [6.45, 7) is 0.616. The van der Waals surface area contributed by atoms with E-state index in [1.165, 1.54) is 5.56 Å². The number of amides is 2. The summed E-state index contributed by atoms with van der Waals surface area (Å²) in [5.74, 6) is -0.353. The van der Waals surface area contributed by atoms with Crippen molar-refractivity contribution in [2.75, 3.05) is 6.54 Å². The largest absolute Gasteiger partial charge is 0.356 e. The van der Waals surface area contributed by atoms with Gasteiger partial charge in [0.1, 0.15) is 6.42 Å². The van der Waals surface area contributed by atoms with Crippen molar-refractivity contribution in [1.29, 1.82) is 0 Å². The number of carbonyl (C=O) groups excluding carboxylic acids is 2. The van der Waals surface area contributed by atoms with Crippen molar-refractivity contribution in [3.05, 3.63) is 35.9 Å². The van der Waals surface area contributed by atoms with Gasteiger partial charge in [-0.05, 0) is 31.2 Å². The zero-order valence-corrected chi connectivity index (χ0v) is 11.0. The molecule has 1 aromatic carbocycles. The molecule has 0 spiro atoms. The maximum absolute atomic E-state index is 11.5. The second-order valence-corrected chi connectivity index (χ2v) is 4.96. The lowest BCUT2D eigenvalue weighted by atomic mass is 10.1. The summed E-state index contributed by atoms with van der Waals surface area (Å²) in [7, 11) is 0. The number of rotatable bonds is 7. The van der Waals surface area contributed by atoms with Gasteiger partial charge in [0.2, 0.25) is 11.8 Å². The van der Waals surface area contributed by atoms with E-state index < -0.39 is 0 Å². The van der Waals surface area contributed by atoms with Crippen LogP contribution in [-0.4, -0.2) is 24.4 Å². The van der Waals surface area contributed by atoms with Crippen molar-refractivity contribution in [3.63, 3.8) is 0 Å². The predicted molar refractivity (Wildman–Crippen MR) is 73.6 cm³/mol. The Balaban J connectivity index is 1.54. The SMILES string of the molecule is O=C(CC(=O)NC1CC1)NCCCc1ccccc1. The summed E-state index contributed by atoms with van der Waals surface area (Å²) < 4.78 is 0. The van der Waals surface area contributed by atoms with E-state index in [1.54, 1.807) is 0 Å². The van der Waals surface area contributed by atoms with Crippen LogP contribution in [0.4, 0.5) is 0 Å². The van der Waals surface area contributed by atoms with Crippen molar-refractivity contribution in [2.24, 2.45) is 0 Å². The van der Waals surface area contributed by atoms with Gasteiger partial charge in [-0.1, -0.05) is 30.3 Å². The van der Waals surface area contributed by atoms with E-state index in [0.29, 0.717) is 12.6 Å². The number of nitrogens with one attached hydrogen (secondary N) is 2. The van der Waals surface area contributed by atoms with Crippen molar-refractivity contribution < 1.29 is 9.59 Å². The average molecular weight is 260 g/mol. The maximum Gasteiger partial charge on any atom is 0.229 e. The lowest BCUT2D eigenvalue weighted by Crippen LogP contribution is -2.33. The van der Waals surface area contributed by atoms with Gasteiger partial charge in [0, 0.05) is 12.6 Å². The molecule has 0 heterocycles. The number of carbonyl (C=O) groups is 2. The molecule has 1 aliphatic rings. The second-order valence-electron chi connectivity index (χ2n) is 4.96. The first-order chi connectivity index (χ1) is 9.24. The molecule has 1 saturated carbocycles. The Morgan fingerprint density at radius 1 is 1.11 bits per heavy atom. The molecule has 4 nitrogen and oxygen atoms in total. The predicted octanol–water partition coefficient (Wildman–Crippen LogP) is 1.40. The van der Waals surface area contributed by atoms with Crippen LogP contribution in [0.1, 0.15) is 31.2 Å². The van der Waals surface area contributed by atoms with Gasteiger partial charge in [0.25, 0.3) is 0 Å². The first kappa shape index (κ1) is 13.6. The van der Waals surface area contributed by atoms with E-state index >= 15 is 0 Å². The number of benzene rings is 1. The minimum atomic E-state index is -0.189. The summed E-state index contributed by atoms with van der Waals surface area (Å²) in [6, 6.07) is 10.5. The monoisotopic (exact) mass is 260 g/mol. The van der Waals surface area contributed by atoms with E-state index in [2.05, 4.69) is 22.8 Å². The average Bonchev–Trinajstić information content (AvgIpc) is 3.19. The minimum Gasteiger partial charge on any atom is -0.356 e. The van der Waals surface area contributed by atoms with Gasteiger partial charge in [-0.15, -0.1) is 0 Å². The molecule has 4 heteroatoms.